The van der Waals surface area contributed by atoms with E-state index in [2.05, 4.69) is 10.3 Å². The first-order valence-electron chi connectivity index (χ1n) is 7.01. The summed E-state index contributed by atoms with van der Waals surface area (Å²) in [5.41, 5.74) is 0.0368. The Morgan fingerprint density at radius 1 is 1.61 bits per heavy atom. The number of pyridine rings is 1. The summed E-state index contributed by atoms with van der Waals surface area (Å²) in [7, 11) is 0. The largest absolute Gasteiger partial charge is 0.324 e. The monoisotopic (exact) mass is 270 g/mol. The Kier molecular flexibility index (Phi) is 2.77. The maximum atomic E-state index is 11.8. The molecular formula is C12H14ClN3O2. The van der Waals surface area contributed by atoms with Gasteiger partial charge in [0.1, 0.15) is 5.82 Å². The van der Waals surface area contributed by atoms with Crippen LogP contribution in [0.2, 0.25) is 5.02 Å². The fourth-order valence-electron chi connectivity index (χ4n) is 1.51. The van der Waals surface area contributed by atoms with Crippen molar-refractivity contribution in [3.63, 3.8) is 0 Å². The van der Waals surface area contributed by atoms with Crippen LogP contribution in [0.5, 0.6) is 0 Å². The van der Waals surface area contributed by atoms with Crippen molar-refractivity contribution in [2.45, 2.75) is 19.7 Å². The molecule has 0 atom stereocenters. The van der Waals surface area contributed by atoms with E-state index in [0.717, 1.165) is 6.42 Å². The van der Waals surface area contributed by atoms with Crippen molar-refractivity contribution in [2.24, 2.45) is 0 Å². The van der Waals surface area contributed by atoms with E-state index in [9.17, 15) is 9.59 Å². The molecule has 96 valence electrons. The molecule has 0 saturated carbocycles. The molecular weight excluding hydrogens is 254 g/mol. The van der Waals surface area contributed by atoms with E-state index < -0.39 is 19.1 Å². The van der Waals surface area contributed by atoms with Crippen LogP contribution in [-0.4, -0.2) is 34.8 Å². The van der Waals surface area contributed by atoms with Crippen molar-refractivity contribution in [2.75, 3.05) is 18.4 Å². The number of ketones is 1. The molecule has 1 fully saturated rings. The van der Waals surface area contributed by atoms with Gasteiger partial charge in [-0.05, 0) is 6.42 Å². The smallest absolute Gasteiger partial charge is 0.323 e. The van der Waals surface area contributed by atoms with Crippen molar-refractivity contribution in [3.8, 4) is 0 Å². The second-order valence-corrected chi connectivity index (χ2v) is 4.33. The number of carbonyl (C=O) groups is 2. The molecule has 18 heavy (non-hydrogen) atoms. The van der Waals surface area contributed by atoms with Crippen LogP contribution in [0.1, 0.15) is 34.2 Å². The average molecular weight is 271 g/mol. The van der Waals surface area contributed by atoms with Gasteiger partial charge >= 0.3 is 6.03 Å². The van der Waals surface area contributed by atoms with E-state index in [1.807, 2.05) is 0 Å². The molecule has 1 aromatic rings. The topological polar surface area (TPSA) is 62.3 Å². The highest BCUT2D eigenvalue weighted by Gasteiger charge is 2.20. The van der Waals surface area contributed by atoms with Gasteiger partial charge in [0.2, 0.25) is 0 Å². The van der Waals surface area contributed by atoms with E-state index in [1.54, 1.807) is 4.90 Å². The van der Waals surface area contributed by atoms with Gasteiger partial charge in [-0.3, -0.25) is 10.1 Å². The van der Waals surface area contributed by atoms with E-state index in [1.165, 1.54) is 12.3 Å². The number of Topliss-reactive ketones (excluding diaryl/α,β-unsaturated/α-hetero) is 1. The maximum absolute atomic E-state index is 11.8. The predicted octanol–water partition coefficient (Wildman–Crippen LogP) is 2.57. The van der Waals surface area contributed by atoms with Crippen LogP contribution in [0.4, 0.5) is 10.6 Å². The Hall–Kier alpha value is -1.62. The van der Waals surface area contributed by atoms with Crippen LogP contribution in [-0.2, 0) is 0 Å². The molecule has 0 spiro atoms. The molecule has 0 bridgehead atoms. The lowest BCUT2D eigenvalue weighted by molar-refractivity contribution is 0.0988. The molecule has 0 radical (unpaired) electrons. The summed E-state index contributed by atoms with van der Waals surface area (Å²) in [6.45, 7) is -0.950. The molecule has 2 rings (SSSR count). The van der Waals surface area contributed by atoms with Crippen molar-refractivity contribution in [1.29, 1.82) is 0 Å². The van der Waals surface area contributed by atoms with E-state index in [0.29, 0.717) is 13.1 Å². The minimum Gasteiger partial charge on any atom is -0.324 e. The van der Waals surface area contributed by atoms with Gasteiger partial charge in [0, 0.05) is 35.9 Å². The molecule has 5 nitrogen and oxygen atoms in total. The van der Waals surface area contributed by atoms with Crippen LogP contribution < -0.4 is 5.32 Å². The van der Waals surface area contributed by atoms with E-state index >= 15 is 0 Å². The molecule has 6 heteroatoms. The van der Waals surface area contributed by atoms with Gasteiger partial charge in [0.05, 0.1) is 10.6 Å². The number of halogens is 1. The van der Waals surface area contributed by atoms with Gasteiger partial charge in [0.15, 0.2) is 5.78 Å². The standard InChI is InChI=1S/C12H14ClN3O2/c1-2-10(17)8-7-14-11(6-9(8)13)15-12(18)16-4-3-5-16/h6-7H,2-5H2,1H3,(H,14,15,18)/i1D3. The minimum atomic E-state index is -2.36. The highest BCUT2D eigenvalue weighted by atomic mass is 35.5. The Morgan fingerprint density at radius 3 is 2.94 bits per heavy atom. The molecule has 1 aromatic heterocycles. The van der Waals surface area contributed by atoms with Gasteiger partial charge in [0.25, 0.3) is 0 Å². The van der Waals surface area contributed by atoms with Gasteiger partial charge in [-0.15, -0.1) is 0 Å². The third kappa shape index (κ3) is 2.61. The molecule has 0 unspecified atom stereocenters. The highest BCUT2D eigenvalue weighted by molar-refractivity contribution is 6.34. The fourth-order valence-corrected chi connectivity index (χ4v) is 1.77. The van der Waals surface area contributed by atoms with Crippen LogP contribution in [0.15, 0.2) is 12.3 Å². The summed E-state index contributed by atoms with van der Waals surface area (Å²) >= 11 is 5.95. The highest BCUT2D eigenvalue weighted by Crippen LogP contribution is 2.20. The molecule has 2 amide bonds. The SMILES string of the molecule is [2H]C([2H])([2H])CC(=O)c1cnc(NC(=O)N2CCC2)cc1Cl. The Bertz CT molecular complexity index is 573. The third-order valence-electron chi connectivity index (χ3n) is 2.69. The Labute approximate surface area is 114 Å². The summed E-state index contributed by atoms with van der Waals surface area (Å²) in [5.74, 6) is -0.379. The molecule has 1 saturated heterocycles. The van der Waals surface area contributed by atoms with Gasteiger partial charge in [-0.1, -0.05) is 18.5 Å². The first kappa shape index (κ1) is 9.33. The molecule has 2 heterocycles. The number of aromatic nitrogens is 1. The second kappa shape index (κ2) is 5.35. The zero-order valence-corrected chi connectivity index (χ0v) is 10.3. The lowest BCUT2D eigenvalue weighted by Gasteiger charge is -2.30. The molecule has 0 aliphatic carbocycles. The molecule has 1 aliphatic rings. The van der Waals surface area contributed by atoms with Gasteiger partial charge in [-0.2, -0.15) is 0 Å². The number of carbonyl (C=O) groups excluding carboxylic acids is 2. The summed E-state index contributed by atoms with van der Waals surface area (Å²) in [6.07, 6.45) is 1.56. The first-order chi connectivity index (χ1) is 9.76. The summed E-state index contributed by atoms with van der Waals surface area (Å²) < 4.78 is 21.2. The van der Waals surface area contributed by atoms with E-state index in [4.69, 9.17) is 15.7 Å². The van der Waals surface area contributed by atoms with Gasteiger partial charge < -0.3 is 4.90 Å². The third-order valence-corrected chi connectivity index (χ3v) is 3.01. The van der Waals surface area contributed by atoms with Crippen molar-refractivity contribution in [3.05, 3.63) is 22.8 Å². The van der Waals surface area contributed by atoms with Crippen molar-refractivity contribution < 1.29 is 13.7 Å². The lowest BCUT2D eigenvalue weighted by Crippen LogP contribution is -2.44. The lowest BCUT2D eigenvalue weighted by atomic mass is 10.1. The molecule has 1 aliphatic heterocycles. The Morgan fingerprint density at radius 2 is 2.39 bits per heavy atom. The van der Waals surface area contributed by atoms with Crippen LogP contribution in [0, 0.1) is 0 Å². The number of amides is 2. The maximum Gasteiger partial charge on any atom is 0.323 e. The first-order valence-corrected chi connectivity index (χ1v) is 5.89. The molecule has 0 aromatic carbocycles. The number of urea groups is 1. The summed E-state index contributed by atoms with van der Waals surface area (Å²) in [5, 5.41) is 2.64. The number of rotatable bonds is 3. The summed E-state index contributed by atoms with van der Waals surface area (Å²) in [6, 6.07) is 1.07. The van der Waals surface area contributed by atoms with Crippen LogP contribution >= 0.6 is 11.6 Å². The zero-order chi connectivity index (χ0) is 15.6. The number of hydrogen-bond donors (Lipinski definition) is 1. The number of nitrogens with one attached hydrogen (secondary N) is 1. The Balaban J connectivity index is 2.06. The fraction of sp³-hybridized carbons (Fsp3) is 0.417. The predicted molar refractivity (Wildman–Crippen MR) is 69.1 cm³/mol. The quantitative estimate of drug-likeness (QED) is 0.859. The number of nitrogens with zero attached hydrogens (tertiary/aromatic N) is 2. The van der Waals surface area contributed by atoms with Crippen LogP contribution in [0.25, 0.3) is 0 Å². The number of hydrogen-bond acceptors (Lipinski definition) is 3. The summed E-state index contributed by atoms with van der Waals surface area (Å²) in [4.78, 5) is 29.0. The van der Waals surface area contributed by atoms with Crippen molar-refractivity contribution >= 4 is 29.2 Å². The number of likely N-dealkylation sites (tertiary alicyclic amines) is 1. The van der Waals surface area contributed by atoms with Gasteiger partial charge in [-0.25, -0.2) is 9.78 Å². The van der Waals surface area contributed by atoms with Crippen molar-refractivity contribution in [1.82, 2.24) is 9.88 Å². The van der Waals surface area contributed by atoms with Crippen LogP contribution in [0.3, 0.4) is 0 Å². The minimum absolute atomic E-state index is 0.0368. The van der Waals surface area contributed by atoms with E-state index in [-0.39, 0.29) is 22.4 Å². The zero-order valence-electron chi connectivity index (χ0n) is 12.6. The second-order valence-electron chi connectivity index (χ2n) is 3.92. The normalized spacial score (nSPS) is 17.2. The molecule has 1 N–H and O–H groups in total. The average Bonchev–Trinajstić information content (AvgIpc) is 2.23. The number of anilines is 1.